The van der Waals surface area contributed by atoms with Gasteiger partial charge in [-0.25, -0.2) is 4.39 Å². The number of rotatable bonds is 6. The van der Waals surface area contributed by atoms with Crippen LogP contribution in [0.4, 0.5) is 26.3 Å². The molecule has 0 spiro atoms. The van der Waals surface area contributed by atoms with Crippen molar-refractivity contribution in [2.45, 2.75) is 24.2 Å². The zero-order valence-corrected chi connectivity index (χ0v) is 11.6. The fraction of sp³-hybridized carbons (Fsp3) is 0.417. The highest BCUT2D eigenvalue weighted by atomic mass is 32.1. The van der Waals surface area contributed by atoms with Crippen molar-refractivity contribution < 1.29 is 36.2 Å². The molecule has 0 fully saturated rings. The first kappa shape index (κ1) is 18.6. The highest BCUT2D eigenvalue weighted by Crippen LogP contribution is 2.44. The fourth-order valence-electron chi connectivity index (χ4n) is 1.63. The van der Waals surface area contributed by atoms with Crippen LogP contribution in [0.5, 0.6) is 0 Å². The van der Waals surface area contributed by atoms with E-state index in [1.54, 1.807) is 5.32 Å². The van der Waals surface area contributed by atoms with Gasteiger partial charge in [-0.2, -0.15) is 34.6 Å². The van der Waals surface area contributed by atoms with Crippen molar-refractivity contribution in [1.82, 2.24) is 5.32 Å². The molecule has 124 valence electrons. The minimum Gasteiger partial charge on any atom is -0.480 e. The maximum atomic E-state index is 13.6. The second kappa shape index (κ2) is 6.78. The number of halogens is 6. The number of carboxylic acids is 1. The Hall–Kier alpha value is -1.42. The Bertz CT molecular complexity index is 519. The van der Waals surface area contributed by atoms with Gasteiger partial charge in [-0.05, 0) is 17.7 Å². The summed E-state index contributed by atoms with van der Waals surface area (Å²) in [5.41, 5.74) is -0.600. The molecule has 0 heterocycles. The minimum absolute atomic E-state index is 0.513. The van der Waals surface area contributed by atoms with Crippen LogP contribution in [-0.2, 0) is 4.79 Å². The predicted octanol–water partition coefficient (Wildman–Crippen LogP) is 3.04. The number of carboxylic acid groups (broad SMARTS) is 1. The number of hydrogen-bond donors (Lipinski definition) is 3. The summed E-state index contributed by atoms with van der Waals surface area (Å²) in [6.07, 6.45) is -5.92. The number of carbonyl (C=O) groups is 1. The summed E-state index contributed by atoms with van der Waals surface area (Å²) in [4.78, 5) is 10.8. The number of alkyl halides is 5. The summed E-state index contributed by atoms with van der Waals surface area (Å²) < 4.78 is 77.8. The van der Waals surface area contributed by atoms with Gasteiger partial charge in [-0.15, -0.1) is 0 Å². The summed E-state index contributed by atoms with van der Waals surface area (Å²) in [6, 6.07) is -1.58. The van der Waals surface area contributed by atoms with Crippen molar-refractivity contribution in [1.29, 1.82) is 0 Å². The summed E-state index contributed by atoms with van der Waals surface area (Å²) in [5.74, 6) is -8.25. The lowest BCUT2D eigenvalue weighted by atomic mass is 9.99. The van der Waals surface area contributed by atoms with Gasteiger partial charge in [0.15, 0.2) is 0 Å². The van der Waals surface area contributed by atoms with Crippen molar-refractivity contribution in [2.24, 2.45) is 0 Å². The Balaban J connectivity index is 3.26. The topological polar surface area (TPSA) is 49.3 Å². The molecule has 1 unspecified atom stereocenters. The second-order valence-corrected chi connectivity index (χ2v) is 4.71. The Labute approximate surface area is 126 Å². The van der Waals surface area contributed by atoms with Crippen LogP contribution in [0.3, 0.4) is 0 Å². The van der Waals surface area contributed by atoms with Crippen LogP contribution in [0.1, 0.15) is 11.6 Å². The number of thiol groups is 1. The number of aliphatic carboxylic acids is 1. The summed E-state index contributed by atoms with van der Waals surface area (Å²) in [6.45, 7) is 0. The van der Waals surface area contributed by atoms with Gasteiger partial charge in [0.05, 0.1) is 0 Å². The van der Waals surface area contributed by atoms with Crippen molar-refractivity contribution >= 4 is 18.6 Å². The van der Waals surface area contributed by atoms with E-state index in [4.69, 9.17) is 5.11 Å². The maximum absolute atomic E-state index is 13.6. The lowest BCUT2D eigenvalue weighted by molar-refractivity contribution is -0.294. The quantitative estimate of drug-likeness (QED) is 0.548. The minimum atomic E-state index is -5.92. The Morgan fingerprint density at radius 2 is 1.68 bits per heavy atom. The zero-order chi connectivity index (χ0) is 17.1. The second-order valence-electron chi connectivity index (χ2n) is 4.35. The van der Waals surface area contributed by atoms with E-state index in [9.17, 15) is 31.1 Å². The third-order valence-corrected chi connectivity index (χ3v) is 3.16. The number of nitrogens with one attached hydrogen (secondary N) is 1. The highest BCUT2D eigenvalue weighted by Gasteiger charge is 2.63. The molecule has 0 amide bonds. The Morgan fingerprint density at radius 1 is 1.18 bits per heavy atom. The van der Waals surface area contributed by atoms with Crippen LogP contribution < -0.4 is 5.32 Å². The van der Waals surface area contributed by atoms with Crippen LogP contribution in [0.2, 0.25) is 0 Å². The van der Waals surface area contributed by atoms with Crippen LogP contribution in [-0.4, -0.2) is 35.0 Å². The van der Waals surface area contributed by atoms with Gasteiger partial charge in [0.1, 0.15) is 17.9 Å². The van der Waals surface area contributed by atoms with E-state index in [1.807, 2.05) is 0 Å². The first-order valence-electron chi connectivity index (χ1n) is 5.80. The Kier molecular flexibility index (Phi) is 5.74. The first-order valence-corrected chi connectivity index (χ1v) is 6.43. The van der Waals surface area contributed by atoms with Gasteiger partial charge >= 0.3 is 18.1 Å². The highest BCUT2D eigenvalue weighted by molar-refractivity contribution is 7.80. The predicted molar refractivity (Wildman–Crippen MR) is 68.6 cm³/mol. The lowest BCUT2D eigenvalue weighted by Gasteiger charge is -2.31. The summed E-state index contributed by atoms with van der Waals surface area (Å²) >= 11 is 3.60. The monoisotopic (exact) mass is 347 g/mol. The summed E-state index contributed by atoms with van der Waals surface area (Å²) in [5, 5.41) is 10.5. The molecule has 10 heteroatoms. The Morgan fingerprint density at radius 3 is 2.05 bits per heavy atom. The van der Waals surface area contributed by atoms with E-state index in [1.165, 1.54) is 0 Å². The van der Waals surface area contributed by atoms with Gasteiger partial charge < -0.3 is 5.11 Å². The standard InChI is InChI=1S/C12H11F6NO2S/c13-7-3-1-6(2-4-7)9(11(14,15)12(16,17)18)19-8(5-22)10(20)21/h1-4,8-9,19,22H,5H2,(H,20,21)/t8?,9-/m1/s1. The fourth-order valence-corrected chi connectivity index (χ4v) is 1.89. The zero-order valence-electron chi connectivity index (χ0n) is 10.7. The van der Waals surface area contributed by atoms with Gasteiger partial charge in [-0.3, -0.25) is 10.1 Å². The molecule has 22 heavy (non-hydrogen) atoms. The average Bonchev–Trinajstić information content (AvgIpc) is 2.39. The van der Waals surface area contributed by atoms with Crippen LogP contribution in [0, 0.1) is 5.82 Å². The number of benzene rings is 1. The lowest BCUT2D eigenvalue weighted by Crippen LogP contribution is -2.52. The normalized spacial score (nSPS) is 15.4. The van der Waals surface area contributed by atoms with E-state index in [0.717, 1.165) is 12.1 Å². The van der Waals surface area contributed by atoms with E-state index in [0.29, 0.717) is 12.1 Å². The van der Waals surface area contributed by atoms with Crippen LogP contribution in [0.25, 0.3) is 0 Å². The molecule has 0 saturated heterocycles. The molecule has 1 aromatic rings. The molecular weight excluding hydrogens is 336 g/mol. The molecule has 0 aliphatic carbocycles. The molecule has 0 bridgehead atoms. The van der Waals surface area contributed by atoms with Crippen LogP contribution in [0.15, 0.2) is 24.3 Å². The maximum Gasteiger partial charge on any atom is 0.455 e. The third-order valence-electron chi connectivity index (χ3n) is 2.79. The molecule has 0 aromatic heterocycles. The SMILES string of the molecule is O=C(O)C(CS)N[C@H](c1ccc(F)cc1)C(F)(F)C(F)(F)F. The first-order chi connectivity index (χ1) is 10.0. The largest absolute Gasteiger partial charge is 0.480 e. The third kappa shape index (κ3) is 4.07. The molecule has 0 aliphatic heterocycles. The van der Waals surface area contributed by atoms with Crippen molar-refractivity contribution in [2.75, 3.05) is 5.75 Å². The van der Waals surface area contributed by atoms with Crippen molar-refractivity contribution in [3.05, 3.63) is 35.6 Å². The van der Waals surface area contributed by atoms with Crippen molar-refractivity contribution in [3.8, 4) is 0 Å². The van der Waals surface area contributed by atoms with E-state index in [2.05, 4.69) is 12.6 Å². The van der Waals surface area contributed by atoms with Gasteiger partial charge in [-0.1, -0.05) is 12.1 Å². The molecule has 0 saturated carbocycles. The smallest absolute Gasteiger partial charge is 0.455 e. The van der Waals surface area contributed by atoms with Gasteiger partial charge in [0.25, 0.3) is 0 Å². The molecule has 0 aliphatic rings. The van der Waals surface area contributed by atoms with Crippen molar-refractivity contribution in [3.63, 3.8) is 0 Å². The summed E-state index contributed by atoms with van der Waals surface area (Å²) in [7, 11) is 0. The molecule has 0 radical (unpaired) electrons. The van der Waals surface area contributed by atoms with E-state index in [-0.39, 0.29) is 0 Å². The molecule has 2 atom stereocenters. The van der Waals surface area contributed by atoms with E-state index < -0.39 is 47.3 Å². The average molecular weight is 347 g/mol. The molecule has 3 nitrogen and oxygen atoms in total. The van der Waals surface area contributed by atoms with Gasteiger partial charge in [0.2, 0.25) is 0 Å². The van der Waals surface area contributed by atoms with E-state index >= 15 is 0 Å². The molecule has 1 rings (SSSR count). The number of hydrogen-bond acceptors (Lipinski definition) is 3. The van der Waals surface area contributed by atoms with Crippen LogP contribution >= 0.6 is 12.6 Å². The molecule has 1 aromatic carbocycles. The molecular formula is C12H11F6NO2S. The molecule has 2 N–H and O–H groups in total. The van der Waals surface area contributed by atoms with Gasteiger partial charge in [0, 0.05) is 5.75 Å².